The summed E-state index contributed by atoms with van der Waals surface area (Å²) in [4.78, 5) is 20.5. The standard InChI is InChI=1S/C22H28N6O4/c1-4-6-20-24-19(26-32-20)12-17-21(25-27-28(17)3)16-9-10-18(13(2)23-16)31-15-8-5-7-14(11-15)22(29)30/h9-10,14-15H,4-8,11-12H2,1-3H3,(H,29,30)/t14-,15-/m0/s1. The van der Waals surface area contributed by atoms with Crippen LogP contribution in [-0.4, -0.2) is 47.3 Å². The van der Waals surface area contributed by atoms with Gasteiger partial charge in [0.25, 0.3) is 0 Å². The summed E-state index contributed by atoms with van der Waals surface area (Å²) in [6, 6.07) is 3.72. The van der Waals surface area contributed by atoms with E-state index in [2.05, 4.69) is 27.4 Å². The lowest BCUT2D eigenvalue weighted by molar-refractivity contribution is -0.143. The van der Waals surface area contributed by atoms with Gasteiger partial charge in [-0.25, -0.2) is 4.98 Å². The van der Waals surface area contributed by atoms with Crippen LogP contribution >= 0.6 is 0 Å². The van der Waals surface area contributed by atoms with Gasteiger partial charge in [-0.1, -0.05) is 17.3 Å². The second-order valence-corrected chi connectivity index (χ2v) is 8.26. The van der Waals surface area contributed by atoms with E-state index in [1.165, 1.54) is 0 Å². The molecule has 0 bridgehead atoms. The quantitative estimate of drug-likeness (QED) is 0.561. The monoisotopic (exact) mass is 440 g/mol. The van der Waals surface area contributed by atoms with E-state index in [1.807, 2.05) is 26.1 Å². The van der Waals surface area contributed by atoms with Crippen LogP contribution in [-0.2, 0) is 24.7 Å². The molecular weight excluding hydrogens is 412 g/mol. The summed E-state index contributed by atoms with van der Waals surface area (Å²) < 4.78 is 13.1. The Kier molecular flexibility index (Phi) is 6.48. The SMILES string of the molecule is CCCc1nc(Cc2c(-c3ccc(O[C@H]4CCC[C@H](C(=O)O)C4)c(C)n3)nnn2C)no1. The van der Waals surface area contributed by atoms with Gasteiger partial charge in [0, 0.05) is 13.5 Å². The van der Waals surface area contributed by atoms with Gasteiger partial charge in [0.1, 0.15) is 11.4 Å². The number of aromatic nitrogens is 6. The molecule has 32 heavy (non-hydrogen) atoms. The van der Waals surface area contributed by atoms with Gasteiger partial charge in [-0.2, -0.15) is 4.98 Å². The molecule has 3 aromatic heterocycles. The van der Waals surface area contributed by atoms with E-state index in [9.17, 15) is 9.90 Å². The van der Waals surface area contributed by atoms with Crippen molar-refractivity contribution < 1.29 is 19.2 Å². The lowest BCUT2D eigenvalue weighted by Gasteiger charge is -2.27. The number of hydrogen-bond donors (Lipinski definition) is 1. The van der Waals surface area contributed by atoms with Crippen LogP contribution in [0.3, 0.4) is 0 Å². The predicted molar refractivity (Wildman–Crippen MR) is 114 cm³/mol. The maximum Gasteiger partial charge on any atom is 0.306 e. The molecule has 1 saturated carbocycles. The molecule has 0 amide bonds. The van der Waals surface area contributed by atoms with Crippen molar-refractivity contribution in [1.29, 1.82) is 0 Å². The fourth-order valence-corrected chi connectivity index (χ4v) is 4.06. The highest BCUT2D eigenvalue weighted by Crippen LogP contribution is 2.30. The molecule has 1 N–H and O–H groups in total. The highest BCUT2D eigenvalue weighted by atomic mass is 16.5. The average Bonchev–Trinajstić information content (AvgIpc) is 3.37. The summed E-state index contributed by atoms with van der Waals surface area (Å²) in [7, 11) is 1.82. The molecule has 1 aliphatic rings. The molecule has 0 saturated heterocycles. The van der Waals surface area contributed by atoms with E-state index in [-0.39, 0.29) is 12.0 Å². The van der Waals surface area contributed by atoms with Crippen molar-refractivity contribution in [3.63, 3.8) is 0 Å². The topological polar surface area (TPSA) is 129 Å². The first-order valence-electron chi connectivity index (χ1n) is 11.0. The molecule has 0 spiro atoms. The third kappa shape index (κ3) is 4.79. The normalized spacial score (nSPS) is 18.6. The van der Waals surface area contributed by atoms with Crippen LogP contribution in [0.15, 0.2) is 16.7 Å². The fourth-order valence-electron chi connectivity index (χ4n) is 4.06. The van der Waals surface area contributed by atoms with Crippen LogP contribution in [0.2, 0.25) is 0 Å². The van der Waals surface area contributed by atoms with Crippen LogP contribution in [0, 0.1) is 12.8 Å². The van der Waals surface area contributed by atoms with Gasteiger partial charge in [0.2, 0.25) is 5.89 Å². The molecule has 2 atom stereocenters. The Bertz CT molecular complexity index is 1090. The van der Waals surface area contributed by atoms with Crippen molar-refractivity contribution in [3.8, 4) is 17.1 Å². The zero-order valence-electron chi connectivity index (χ0n) is 18.6. The third-order valence-corrected chi connectivity index (χ3v) is 5.79. The summed E-state index contributed by atoms with van der Waals surface area (Å²) in [6.45, 7) is 3.94. The molecule has 4 rings (SSSR count). The van der Waals surface area contributed by atoms with Crippen molar-refractivity contribution in [2.45, 2.75) is 64.9 Å². The van der Waals surface area contributed by atoms with Gasteiger partial charge in [-0.15, -0.1) is 5.10 Å². The number of nitrogens with zero attached hydrogens (tertiary/aromatic N) is 6. The molecule has 0 aromatic carbocycles. The molecule has 3 heterocycles. The number of carboxylic acid groups (broad SMARTS) is 1. The Labute approximate surface area is 186 Å². The zero-order valence-corrected chi connectivity index (χ0v) is 18.6. The Morgan fingerprint density at radius 2 is 2.16 bits per heavy atom. The van der Waals surface area contributed by atoms with Crippen molar-refractivity contribution in [2.75, 3.05) is 0 Å². The van der Waals surface area contributed by atoms with Crippen molar-refractivity contribution >= 4 is 5.97 Å². The molecule has 0 unspecified atom stereocenters. The zero-order chi connectivity index (χ0) is 22.7. The summed E-state index contributed by atoms with van der Waals surface area (Å²) in [5, 5.41) is 21.8. The van der Waals surface area contributed by atoms with Crippen molar-refractivity contribution in [3.05, 3.63) is 35.2 Å². The highest BCUT2D eigenvalue weighted by molar-refractivity contribution is 5.70. The van der Waals surface area contributed by atoms with E-state index < -0.39 is 5.97 Å². The number of rotatable bonds is 8. The molecule has 0 radical (unpaired) electrons. The Morgan fingerprint density at radius 1 is 1.31 bits per heavy atom. The maximum absolute atomic E-state index is 11.3. The number of ether oxygens (including phenoxy) is 1. The number of aryl methyl sites for hydroxylation is 3. The van der Waals surface area contributed by atoms with Crippen LogP contribution < -0.4 is 4.74 Å². The molecule has 10 heteroatoms. The van der Waals surface area contributed by atoms with Gasteiger partial charge in [0.05, 0.1) is 35.5 Å². The van der Waals surface area contributed by atoms with Gasteiger partial charge < -0.3 is 14.4 Å². The van der Waals surface area contributed by atoms with Crippen LogP contribution in [0.4, 0.5) is 0 Å². The summed E-state index contributed by atoms with van der Waals surface area (Å²) in [6.07, 6.45) is 4.95. The third-order valence-electron chi connectivity index (χ3n) is 5.79. The second-order valence-electron chi connectivity index (χ2n) is 8.26. The minimum atomic E-state index is -0.748. The van der Waals surface area contributed by atoms with Gasteiger partial charge >= 0.3 is 5.97 Å². The van der Waals surface area contributed by atoms with Crippen LogP contribution in [0.25, 0.3) is 11.4 Å². The van der Waals surface area contributed by atoms with Gasteiger partial charge in [0.15, 0.2) is 5.82 Å². The smallest absolute Gasteiger partial charge is 0.306 e. The Hall–Kier alpha value is -3.30. The number of carbonyl (C=O) groups is 1. The lowest BCUT2D eigenvalue weighted by atomic mass is 9.87. The molecular formula is C22H28N6O4. The number of aliphatic carboxylic acids is 1. The minimum Gasteiger partial charge on any atom is -0.489 e. The number of hydrogen-bond acceptors (Lipinski definition) is 8. The molecule has 1 aliphatic carbocycles. The Morgan fingerprint density at radius 3 is 2.91 bits per heavy atom. The maximum atomic E-state index is 11.3. The van der Waals surface area contributed by atoms with Gasteiger partial charge in [-0.05, 0) is 51.2 Å². The van der Waals surface area contributed by atoms with E-state index >= 15 is 0 Å². The van der Waals surface area contributed by atoms with Crippen LogP contribution in [0.5, 0.6) is 5.75 Å². The van der Waals surface area contributed by atoms with Crippen molar-refractivity contribution in [2.24, 2.45) is 13.0 Å². The van der Waals surface area contributed by atoms with Crippen LogP contribution in [0.1, 0.15) is 62.1 Å². The van der Waals surface area contributed by atoms with E-state index in [1.54, 1.807) is 4.68 Å². The molecule has 0 aliphatic heterocycles. The average molecular weight is 441 g/mol. The number of carboxylic acids is 1. The first kappa shape index (κ1) is 21.9. The predicted octanol–water partition coefficient (Wildman–Crippen LogP) is 3.13. The first-order chi connectivity index (χ1) is 15.4. The summed E-state index contributed by atoms with van der Waals surface area (Å²) in [5.41, 5.74) is 2.90. The highest BCUT2D eigenvalue weighted by Gasteiger charge is 2.28. The molecule has 1 fully saturated rings. The van der Waals surface area contributed by atoms with Crippen molar-refractivity contribution in [1.82, 2.24) is 30.1 Å². The lowest BCUT2D eigenvalue weighted by Crippen LogP contribution is -2.29. The largest absolute Gasteiger partial charge is 0.489 e. The van der Waals surface area contributed by atoms with E-state index in [4.69, 9.17) is 14.2 Å². The molecule has 10 nitrogen and oxygen atoms in total. The Balaban J connectivity index is 1.51. The molecule has 170 valence electrons. The first-order valence-corrected chi connectivity index (χ1v) is 11.0. The van der Waals surface area contributed by atoms with E-state index in [0.29, 0.717) is 48.1 Å². The minimum absolute atomic E-state index is 0.112. The molecule has 3 aromatic rings. The second kappa shape index (κ2) is 9.46. The fraction of sp³-hybridized carbons (Fsp3) is 0.545. The van der Waals surface area contributed by atoms with E-state index in [0.717, 1.165) is 37.1 Å². The number of pyridine rings is 1. The van der Waals surface area contributed by atoms with Gasteiger partial charge in [-0.3, -0.25) is 9.48 Å². The summed E-state index contributed by atoms with van der Waals surface area (Å²) in [5.74, 6) is 0.788. The summed E-state index contributed by atoms with van der Waals surface area (Å²) >= 11 is 0.